The number of nitrogens with one attached hydrogen (secondary N) is 1. The Morgan fingerprint density at radius 1 is 1.03 bits per heavy atom. The average molecular weight is 474 g/mol. The van der Waals surface area contributed by atoms with Crippen LogP contribution in [0.3, 0.4) is 0 Å². The van der Waals surface area contributed by atoms with E-state index < -0.39 is 18.1 Å². The topological polar surface area (TPSA) is 82.1 Å². The highest BCUT2D eigenvalue weighted by molar-refractivity contribution is 5.99. The summed E-state index contributed by atoms with van der Waals surface area (Å²) in [6.07, 6.45) is 0.955. The van der Waals surface area contributed by atoms with E-state index >= 15 is 0 Å². The van der Waals surface area contributed by atoms with Crippen LogP contribution < -0.4 is 19.9 Å². The van der Waals surface area contributed by atoms with E-state index in [1.165, 1.54) is 0 Å². The molecule has 0 radical (unpaired) electrons. The maximum absolute atomic E-state index is 13.7. The number of carbonyl (C=O) groups is 2. The van der Waals surface area contributed by atoms with Crippen LogP contribution in [0.4, 0.5) is 11.4 Å². The van der Waals surface area contributed by atoms with Gasteiger partial charge in [0.15, 0.2) is 0 Å². The molecule has 0 fully saturated rings. The number of amides is 1. The second kappa shape index (κ2) is 11.1. The van der Waals surface area contributed by atoms with Gasteiger partial charge in [-0.2, -0.15) is 0 Å². The van der Waals surface area contributed by atoms with Gasteiger partial charge in [-0.1, -0.05) is 54.6 Å². The molecule has 2 atom stereocenters. The summed E-state index contributed by atoms with van der Waals surface area (Å²) >= 11 is 0. The number of rotatable bonds is 9. The van der Waals surface area contributed by atoms with Crippen molar-refractivity contribution >= 4 is 23.3 Å². The lowest BCUT2D eigenvalue weighted by molar-refractivity contribution is -0.140. The van der Waals surface area contributed by atoms with Crippen molar-refractivity contribution in [3.63, 3.8) is 0 Å². The van der Waals surface area contributed by atoms with Gasteiger partial charge in [0, 0.05) is 19.8 Å². The first-order valence-electron chi connectivity index (χ1n) is 11.7. The minimum Gasteiger partial charge on any atom is -0.489 e. The van der Waals surface area contributed by atoms with Gasteiger partial charge >= 0.3 is 5.97 Å². The van der Waals surface area contributed by atoms with Gasteiger partial charge in [0.05, 0.1) is 12.2 Å². The fraction of sp³-hybridized carbons (Fsp3) is 0.286. The molecule has 0 saturated heterocycles. The van der Waals surface area contributed by atoms with E-state index in [1.54, 1.807) is 4.90 Å². The molecule has 0 saturated carbocycles. The number of hydrogen-bond acceptors (Lipinski definition) is 5. The minimum atomic E-state index is -0.985. The summed E-state index contributed by atoms with van der Waals surface area (Å²) in [5, 5.41) is 12.9. The van der Waals surface area contributed by atoms with Crippen molar-refractivity contribution in [3.05, 3.63) is 90.0 Å². The van der Waals surface area contributed by atoms with E-state index in [9.17, 15) is 14.7 Å². The smallest absolute Gasteiger partial charge is 0.320 e. The monoisotopic (exact) mass is 473 g/mol. The molecule has 0 aromatic heterocycles. The molecule has 7 heteroatoms. The Kier molecular flexibility index (Phi) is 7.67. The largest absolute Gasteiger partial charge is 0.489 e. The van der Waals surface area contributed by atoms with Crippen molar-refractivity contribution < 1.29 is 19.4 Å². The fourth-order valence-electron chi connectivity index (χ4n) is 4.19. The molecule has 0 unspecified atom stereocenters. The number of ether oxygens (including phenoxy) is 1. The summed E-state index contributed by atoms with van der Waals surface area (Å²) in [5.41, 5.74) is 3.77. The molecule has 1 amide bonds. The lowest BCUT2D eigenvalue weighted by Gasteiger charge is -2.27. The molecule has 0 aliphatic carbocycles. The number of para-hydroxylation sites is 2. The minimum absolute atomic E-state index is 0.0566. The number of carboxylic acids is 1. The SMILES string of the molecule is CN(C)c1ccc(CN2C(=O)[C@@H](N[C@@H](CCc3ccccc3)C(=O)O)COc3ccccc32)cc1. The standard InChI is InChI=1S/C28H31N3O4/c1-30(2)22-15-12-21(13-16-22)18-31-25-10-6-7-11-26(25)35-19-24(27(31)32)29-23(28(33)34)17-14-20-8-4-3-5-9-20/h3-13,15-16,23-24,29H,14,17-19H2,1-2H3,(H,33,34)/t23-,24-/m0/s1. The van der Waals surface area contributed by atoms with Crippen LogP contribution in [-0.2, 0) is 22.6 Å². The Labute approximate surface area is 205 Å². The predicted octanol–water partition coefficient (Wildman–Crippen LogP) is 3.72. The zero-order chi connectivity index (χ0) is 24.8. The summed E-state index contributed by atoms with van der Waals surface area (Å²) in [7, 11) is 3.96. The summed E-state index contributed by atoms with van der Waals surface area (Å²) in [4.78, 5) is 29.4. The summed E-state index contributed by atoms with van der Waals surface area (Å²) in [5.74, 6) is -0.592. The number of nitrogens with zero attached hydrogens (tertiary/aromatic N) is 2. The van der Waals surface area contributed by atoms with Gasteiger partial charge in [0.1, 0.15) is 24.4 Å². The lowest BCUT2D eigenvalue weighted by atomic mass is 10.0. The first-order valence-corrected chi connectivity index (χ1v) is 11.7. The van der Waals surface area contributed by atoms with Crippen LogP contribution in [0.15, 0.2) is 78.9 Å². The zero-order valence-electron chi connectivity index (χ0n) is 20.1. The first kappa shape index (κ1) is 24.3. The van der Waals surface area contributed by atoms with Crippen molar-refractivity contribution in [2.75, 3.05) is 30.5 Å². The van der Waals surface area contributed by atoms with Gasteiger partial charge in [0.25, 0.3) is 0 Å². The highest BCUT2D eigenvalue weighted by Crippen LogP contribution is 2.32. The van der Waals surface area contributed by atoms with E-state index in [0.717, 1.165) is 16.8 Å². The van der Waals surface area contributed by atoms with Crippen LogP contribution in [0.2, 0.25) is 0 Å². The number of hydrogen-bond donors (Lipinski definition) is 2. The second-order valence-corrected chi connectivity index (χ2v) is 8.90. The van der Waals surface area contributed by atoms with Crippen LogP contribution in [-0.4, -0.2) is 49.8 Å². The van der Waals surface area contributed by atoms with Crippen LogP contribution >= 0.6 is 0 Å². The van der Waals surface area contributed by atoms with E-state index in [1.807, 2.05) is 97.9 Å². The number of anilines is 2. The second-order valence-electron chi connectivity index (χ2n) is 8.90. The number of carbonyl (C=O) groups excluding carboxylic acids is 1. The fourth-order valence-corrected chi connectivity index (χ4v) is 4.19. The van der Waals surface area contributed by atoms with E-state index in [-0.39, 0.29) is 12.5 Å². The van der Waals surface area contributed by atoms with Gasteiger partial charge in [-0.05, 0) is 48.2 Å². The van der Waals surface area contributed by atoms with Crippen molar-refractivity contribution in [1.29, 1.82) is 0 Å². The maximum Gasteiger partial charge on any atom is 0.320 e. The third-order valence-electron chi connectivity index (χ3n) is 6.18. The molecule has 1 heterocycles. The Hall–Kier alpha value is -3.84. The zero-order valence-corrected chi connectivity index (χ0v) is 20.1. The van der Waals surface area contributed by atoms with Crippen molar-refractivity contribution in [3.8, 4) is 5.75 Å². The number of aliphatic carboxylic acids is 1. The molecule has 4 rings (SSSR count). The molecular formula is C28H31N3O4. The van der Waals surface area contributed by atoms with Crippen LogP contribution in [0.25, 0.3) is 0 Å². The third-order valence-corrected chi connectivity index (χ3v) is 6.18. The maximum atomic E-state index is 13.7. The number of aryl methyl sites for hydroxylation is 1. The molecule has 182 valence electrons. The number of carboxylic acid groups (broad SMARTS) is 1. The summed E-state index contributed by atoms with van der Waals surface area (Å²) in [6.45, 7) is 0.411. The molecule has 3 aromatic carbocycles. The third kappa shape index (κ3) is 6.00. The number of fused-ring (bicyclic) bond motifs is 1. The van der Waals surface area contributed by atoms with Gasteiger partial charge in [-0.15, -0.1) is 0 Å². The normalized spacial score (nSPS) is 16.1. The van der Waals surface area contributed by atoms with Crippen LogP contribution in [0.5, 0.6) is 5.75 Å². The van der Waals surface area contributed by atoms with Crippen molar-refractivity contribution in [2.24, 2.45) is 0 Å². The Morgan fingerprint density at radius 3 is 2.40 bits per heavy atom. The van der Waals surface area contributed by atoms with Crippen molar-refractivity contribution in [1.82, 2.24) is 5.32 Å². The van der Waals surface area contributed by atoms with Crippen LogP contribution in [0.1, 0.15) is 17.5 Å². The van der Waals surface area contributed by atoms with Gasteiger partial charge in [-0.3, -0.25) is 14.9 Å². The first-order chi connectivity index (χ1) is 16.9. The molecule has 2 N–H and O–H groups in total. The highest BCUT2D eigenvalue weighted by Gasteiger charge is 2.34. The molecule has 7 nitrogen and oxygen atoms in total. The Bertz CT molecular complexity index is 1150. The molecule has 3 aromatic rings. The Balaban J connectivity index is 1.54. The van der Waals surface area contributed by atoms with Gasteiger partial charge in [0.2, 0.25) is 5.91 Å². The van der Waals surface area contributed by atoms with Gasteiger partial charge < -0.3 is 19.6 Å². The molecular weight excluding hydrogens is 442 g/mol. The Morgan fingerprint density at radius 2 is 1.71 bits per heavy atom. The summed E-state index contributed by atoms with van der Waals surface area (Å²) < 4.78 is 5.97. The molecule has 0 spiro atoms. The highest BCUT2D eigenvalue weighted by atomic mass is 16.5. The quantitative estimate of drug-likeness (QED) is 0.493. The molecule has 35 heavy (non-hydrogen) atoms. The summed E-state index contributed by atoms with van der Waals surface area (Å²) in [6, 6.07) is 23.5. The van der Waals surface area contributed by atoms with E-state index in [2.05, 4.69) is 5.32 Å². The van der Waals surface area contributed by atoms with Crippen LogP contribution in [0, 0.1) is 0 Å². The van der Waals surface area contributed by atoms with E-state index in [0.29, 0.717) is 30.8 Å². The average Bonchev–Trinajstić information content (AvgIpc) is 2.99. The van der Waals surface area contributed by atoms with Crippen molar-refractivity contribution in [2.45, 2.75) is 31.5 Å². The molecule has 1 aliphatic heterocycles. The predicted molar refractivity (Wildman–Crippen MR) is 137 cm³/mol. The van der Waals surface area contributed by atoms with Gasteiger partial charge in [-0.25, -0.2) is 0 Å². The molecule has 0 bridgehead atoms. The molecule has 1 aliphatic rings. The van der Waals surface area contributed by atoms with E-state index in [4.69, 9.17) is 4.74 Å². The number of benzene rings is 3. The lowest BCUT2D eigenvalue weighted by Crippen LogP contribution is -2.53.